The Labute approximate surface area is 143 Å². The molecule has 0 saturated heterocycles. The van der Waals surface area contributed by atoms with E-state index in [1.807, 2.05) is 0 Å². The SMILES string of the molecule is CON=C(C(N)=O)c1ccccc1COC(=O)Nc1ccccc1F. The number of carbonyl (C=O) groups excluding carboxylic acids is 2. The standard InChI is InChI=1S/C17H16FN3O4/c1-24-21-15(16(19)22)12-7-3-2-6-11(12)10-25-17(23)20-14-9-5-4-8-13(14)18/h2-9H,10H2,1H3,(H2,19,22)(H,20,23). The van der Waals surface area contributed by atoms with E-state index in [0.29, 0.717) is 11.1 Å². The minimum atomic E-state index is -0.843. The molecule has 0 aromatic heterocycles. The van der Waals surface area contributed by atoms with Gasteiger partial charge in [-0.15, -0.1) is 0 Å². The molecule has 2 aromatic rings. The zero-order chi connectivity index (χ0) is 18.2. The summed E-state index contributed by atoms with van der Waals surface area (Å²) in [4.78, 5) is 28.0. The summed E-state index contributed by atoms with van der Waals surface area (Å²) in [6, 6.07) is 12.3. The lowest BCUT2D eigenvalue weighted by molar-refractivity contribution is -0.112. The topological polar surface area (TPSA) is 103 Å². The Morgan fingerprint density at radius 3 is 2.52 bits per heavy atom. The van der Waals surface area contributed by atoms with Crippen LogP contribution in [0.15, 0.2) is 53.7 Å². The summed E-state index contributed by atoms with van der Waals surface area (Å²) in [5.41, 5.74) is 6.04. The Morgan fingerprint density at radius 1 is 1.16 bits per heavy atom. The number of benzene rings is 2. The van der Waals surface area contributed by atoms with E-state index in [9.17, 15) is 14.0 Å². The highest BCUT2D eigenvalue weighted by molar-refractivity contribution is 6.45. The summed E-state index contributed by atoms with van der Waals surface area (Å²) in [5, 5.41) is 5.89. The van der Waals surface area contributed by atoms with Gasteiger partial charge in [0.05, 0.1) is 5.69 Å². The zero-order valence-electron chi connectivity index (χ0n) is 13.4. The van der Waals surface area contributed by atoms with Gasteiger partial charge in [-0.25, -0.2) is 9.18 Å². The van der Waals surface area contributed by atoms with Gasteiger partial charge < -0.3 is 15.3 Å². The fraction of sp³-hybridized carbons (Fsp3) is 0.118. The molecular formula is C17H16FN3O4. The first-order valence-corrected chi connectivity index (χ1v) is 7.20. The van der Waals surface area contributed by atoms with Crippen molar-refractivity contribution in [1.29, 1.82) is 0 Å². The number of nitrogens with two attached hydrogens (primary N) is 1. The maximum absolute atomic E-state index is 13.5. The number of rotatable bonds is 6. The number of carbonyl (C=O) groups is 2. The van der Waals surface area contributed by atoms with E-state index < -0.39 is 17.8 Å². The smallest absolute Gasteiger partial charge is 0.412 e. The van der Waals surface area contributed by atoms with Crippen molar-refractivity contribution in [3.8, 4) is 0 Å². The number of hydrogen-bond acceptors (Lipinski definition) is 5. The minimum Gasteiger partial charge on any atom is -0.444 e. The first kappa shape index (κ1) is 17.9. The number of ether oxygens (including phenoxy) is 1. The van der Waals surface area contributed by atoms with E-state index in [2.05, 4.69) is 15.3 Å². The molecule has 8 heteroatoms. The quantitative estimate of drug-likeness (QED) is 0.620. The van der Waals surface area contributed by atoms with Crippen molar-refractivity contribution in [2.75, 3.05) is 12.4 Å². The lowest BCUT2D eigenvalue weighted by Crippen LogP contribution is -2.26. The number of oxime groups is 1. The Hall–Kier alpha value is -3.42. The van der Waals surface area contributed by atoms with E-state index in [1.165, 1.54) is 25.3 Å². The van der Waals surface area contributed by atoms with Gasteiger partial charge >= 0.3 is 6.09 Å². The molecule has 0 spiro atoms. The van der Waals surface area contributed by atoms with Gasteiger partial charge in [0.1, 0.15) is 19.5 Å². The normalized spacial score (nSPS) is 10.9. The Balaban J connectivity index is 2.11. The molecule has 0 aliphatic rings. The molecule has 0 aliphatic carbocycles. The molecule has 0 fully saturated rings. The van der Waals surface area contributed by atoms with E-state index in [4.69, 9.17) is 10.5 Å². The van der Waals surface area contributed by atoms with Gasteiger partial charge in [-0.2, -0.15) is 0 Å². The largest absolute Gasteiger partial charge is 0.444 e. The maximum atomic E-state index is 13.5. The number of halogens is 1. The second kappa shape index (κ2) is 8.44. The average molecular weight is 345 g/mol. The second-order valence-electron chi connectivity index (χ2n) is 4.82. The first-order valence-electron chi connectivity index (χ1n) is 7.20. The van der Waals surface area contributed by atoms with Crippen molar-refractivity contribution in [3.63, 3.8) is 0 Å². The molecule has 0 bridgehead atoms. The van der Waals surface area contributed by atoms with E-state index >= 15 is 0 Å². The van der Waals surface area contributed by atoms with Crippen molar-refractivity contribution in [1.82, 2.24) is 0 Å². The number of nitrogens with zero attached hydrogens (tertiary/aromatic N) is 1. The van der Waals surface area contributed by atoms with Crippen molar-refractivity contribution >= 4 is 23.4 Å². The van der Waals surface area contributed by atoms with Gasteiger partial charge in [-0.05, 0) is 17.7 Å². The highest BCUT2D eigenvalue weighted by atomic mass is 19.1. The molecule has 0 aliphatic heterocycles. The van der Waals surface area contributed by atoms with E-state index in [1.54, 1.807) is 30.3 Å². The van der Waals surface area contributed by atoms with Crippen LogP contribution in [0.3, 0.4) is 0 Å². The van der Waals surface area contributed by atoms with Crippen molar-refractivity contribution in [2.24, 2.45) is 10.9 Å². The third-order valence-corrected chi connectivity index (χ3v) is 3.16. The van der Waals surface area contributed by atoms with Crippen molar-refractivity contribution in [2.45, 2.75) is 6.61 Å². The molecule has 3 N–H and O–H groups in total. The van der Waals surface area contributed by atoms with Crippen LogP contribution in [0, 0.1) is 5.82 Å². The van der Waals surface area contributed by atoms with Crippen LogP contribution in [-0.2, 0) is 21.0 Å². The second-order valence-corrected chi connectivity index (χ2v) is 4.82. The van der Waals surface area contributed by atoms with E-state index in [-0.39, 0.29) is 18.0 Å². The zero-order valence-corrected chi connectivity index (χ0v) is 13.4. The van der Waals surface area contributed by atoms with Gasteiger partial charge in [-0.1, -0.05) is 41.6 Å². The first-order chi connectivity index (χ1) is 12.0. The van der Waals surface area contributed by atoms with Crippen LogP contribution in [-0.4, -0.2) is 24.8 Å². The van der Waals surface area contributed by atoms with Crippen LogP contribution in [0.5, 0.6) is 0 Å². The molecule has 130 valence electrons. The lowest BCUT2D eigenvalue weighted by atomic mass is 10.0. The van der Waals surface area contributed by atoms with Crippen molar-refractivity contribution in [3.05, 3.63) is 65.5 Å². The lowest BCUT2D eigenvalue weighted by Gasteiger charge is -2.11. The number of primary amides is 1. The van der Waals surface area contributed by atoms with Gasteiger partial charge in [0.25, 0.3) is 5.91 Å². The summed E-state index contributed by atoms with van der Waals surface area (Å²) in [6.07, 6.45) is -0.843. The average Bonchev–Trinajstić information content (AvgIpc) is 2.60. The monoisotopic (exact) mass is 345 g/mol. The van der Waals surface area contributed by atoms with Gasteiger partial charge in [-0.3, -0.25) is 10.1 Å². The third kappa shape index (κ3) is 4.77. The number of para-hydroxylation sites is 1. The van der Waals surface area contributed by atoms with Crippen molar-refractivity contribution < 1.29 is 23.6 Å². The molecule has 0 saturated carbocycles. The summed E-state index contributed by atoms with van der Waals surface area (Å²) < 4.78 is 18.6. The fourth-order valence-corrected chi connectivity index (χ4v) is 2.05. The number of hydrogen-bond donors (Lipinski definition) is 2. The van der Waals surface area contributed by atoms with E-state index in [0.717, 1.165) is 0 Å². The maximum Gasteiger partial charge on any atom is 0.412 e. The van der Waals surface area contributed by atoms with Gasteiger partial charge in [0.15, 0.2) is 5.71 Å². The highest BCUT2D eigenvalue weighted by Crippen LogP contribution is 2.15. The predicted molar refractivity (Wildman–Crippen MR) is 89.4 cm³/mol. The van der Waals surface area contributed by atoms with Crippen LogP contribution in [0.2, 0.25) is 0 Å². The van der Waals surface area contributed by atoms with Crippen LogP contribution in [0.4, 0.5) is 14.9 Å². The Bertz CT molecular complexity index is 808. The number of nitrogens with one attached hydrogen (secondary N) is 1. The summed E-state index contributed by atoms with van der Waals surface area (Å²) >= 11 is 0. The molecule has 2 amide bonds. The third-order valence-electron chi connectivity index (χ3n) is 3.16. The highest BCUT2D eigenvalue weighted by Gasteiger charge is 2.16. The van der Waals surface area contributed by atoms with Crippen LogP contribution < -0.4 is 11.1 Å². The summed E-state index contributed by atoms with van der Waals surface area (Å²) in [5.74, 6) is -1.37. The van der Waals surface area contributed by atoms with Gasteiger partial charge in [0.2, 0.25) is 0 Å². The van der Waals surface area contributed by atoms with Crippen LogP contribution in [0.1, 0.15) is 11.1 Å². The predicted octanol–water partition coefficient (Wildman–Crippen LogP) is 2.41. The van der Waals surface area contributed by atoms with Crippen LogP contribution >= 0.6 is 0 Å². The number of amides is 2. The molecule has 0 heterocycles. The Kier molecular flexibility index (Phi) is 6.05. The Morgan fingerprint density at radius 2 is 1.84 bits per heavy atom. The summed E-state index contributed by atoms with van der Waals surface area (Å²) in [7, 11) is 1.28. The molecule has 2 rings (SSSR count). The van der Waals surface area contributed by atoms with Crippen LogP contribution in [0.25, 0.3) is 0 Å². The molecular weight excluding hydrogens is 329 g/mol. The molecule has 25 heavy (non-hydrogen) atoms. The molecule has 0 atom stereocenters. The molecule has 2 aromatic carbocycles. The molecule has 0 radical (unpaired) electrons. The molecule has 7 nitrogen and oxygen atoms in total. The summed E-state index contributed by atoms with van der Waals surface area (Å²) in [6.45, 7) is -0.174. The fourth-order valence-electron chi connectivity index (χ4n) is 2.05. The molecule has 0 unspecified atom stereocenters. The number of anilines is 1. The minimum absolute atomic E-state index is 0.000411. The van der Waals surface area contributed by atoms with Gasteiger partial charge in [0, 0.05) is 5.56 Å².